The maximum absolute atomic E-state index is 14.0. The first-order chi connectivity index (χ1) is 9.52. The van der Waals surface area contributed by atoms with Crippen LogP contribution < -0.4 is 10.2 Å². The Labute approximate surface area is 118 Å². The predicted octanol–water partition coefficient (Wildman–Crippen LogP) is 3.43. The molecule has 0 bridgehead atoms. The van der Waals surface area contributed by atoms with Crippen LogP contribution in [0.1, 0.15) is 18.1 Å². The summed E-state index contributed by atoms with van der Waals surface area (Å²) >= 11 is 0. The zero-order valence-corrected chi connectivity index (χ0v) is 12.2. The number of hydrogen-bond donors (Lipinski definition) is 1. The summed E-state index contributed by atoms with van der Waals surface area (Å²) in [6.45, 7) is 6.67. The molecule has 1 N–H and O–H groups in total. The van der Waals surface area contributed by atoms with Crippen LogP contribution in [0, 0.1) is 19.7 Å². The Morgan fingerprint density at radius 3 is 2.70 bits per heavy atom. The van der Waals surface area contributed by atoms with Crippen LogP contribution >= 0.6 is 0 Å². The highest BCUT2D eigenvalue weighted by Crippen LogP contribution is 2.28. The van der Waals surface area contributed by atoms with Gasteiger partial charge in [0, 0.05) is 19.3 Å². The fourth-order valence-electron chi connectivity index (χ4n) is 2.13. The Hall–Kier alpha value is -2.17. The van der Waals surface area contributed by atoms with Crippen molar-refractivity contribution in [2.45, 2.75) is 20.8 Å². The van der Waals surface area contributed by atoms with Crippen molar-refractivity contribution in [3.8, 4) is 0 Å². The zero-order chi connectivity index (χ0) is 14.7. The molecule has 1 aromatic carbocycles. The van der Waals surface area contributed by atoms with Gasteiger partial charge in [0.25, 0.3) is 0 Å². The maximum atomic E-state index is 14.0. The van der Waals surface area contributed by atoms with E-state index in [1.807, 2.05) is 32.9 Å². The summed E-state index contributed by atoms with van der Waals surface area (Å²) in [6.07, 6.45) is 1.19. The largest absolute Gasteiger partial charge is 0.354 e. The van der Waals surface area contributed by atoms with Gasteiger partial charge in [-0.3, -0.25) is 0 Å². The number of anilines is 3. The first kappa shape index (κ1) is 14.2. The first-order valence-corrected chi connectivity index (χ1v) is 6.60. The van der Waals surface area contributed by atoms with Gasteiger partial charge in [0.15, 0.2) is 11.6 Å². The Morgan fingerprint density at radius 2 is 2.05 bits per heavy atom. The van der Waals surface area contributed by atoms with Crippen LogP contribution in [0.25, 0.3) is 0 Å². The number of hydrogen-bond acceptors (Lipinski definition) is 4. The van der Waals surface area contributed by atoms with Crippen molar-refractivity contribution in [1.29, 1.82) is 0 Å². The number of halogens is 1. The summed E-state index contributed by atoms with van der Waals surface area (Å²) in [4.78, 5) is 9.89. The number of benzene rings is 1. The van der Waals surface area contributed by atoms with Gasteiger partial charge in [0.05, 0.1) is 6.20 Å². The quantitative estimate of drug-likeness (QED) is 0.927. The van der Waals surface area contributed by atoms with Crippen LogP contribution in [0.5, 0.6) is 0 Å². The molecule has 0 aliphatic heterocycles. The van der Waals surface area contributed by atoms with Crippen LogP contribution in [-0.4, -0.2) is 23.6 Å². The van der Waals surface area contributed by atoms with E-state index >= 15 is 0 Å². The molecule has 20 heavy (non-hydrogen) atoms. The molecule has 1 heterocycles. The van der Waals surface area contributed by atoms with Gasteiger partial charge in [0.1, 0.15) is 0 Å². The summed E-state index contributed by atoms with van der Waals surface area (Å²) < 4.78 is 14.0. The highest BCUT2D eigenvalue weighted by molar-refractivity contribution is 5.64. The van der Waals surface area contributed by atoms with Crippen molar-refractivity contribution in [3.63, 3.8) is 0 Å². The summed E-state index contributed by atoms with van der Waals surface area (Å²) in [5.74, 6) is 0.262. The van der Waals surface area contributed by atoms with E-state index in [9.17, 15) is 4.39 Å². The topological polar surface area (TPSA) is 41.1 Å². The Kier molecular flexibility index (Phi) is 4.17. The van der Waals surface area contributed by atoms with Crippen molar-refractivity contribution < 1.29 is 4.39 Å². The fraction of sp³-hybridized carbons (Fsp3) is 0.333. The molecule has 0 radical (unpaired) electrons. The molecular formula is C15H19FN4. The molecule has 0 amide bonds. The lowest BCUT2D eigenvalue weighted by Crippen LogP contribution is -2.16. The molecule has 0 unspecified atom stereocenters. The number of aromatic nitrogens is 2. The van der Waals surface area contributed by atoms with E-state index in [-0.39, 0.29) is 5.82 Å². The van der Waals surface area contributed by atoms with Gasteiger partial charge >= 0.3 is 0 Å². The van der Waals surface area contributed by atoms with E-state index in [1.54, 1.807) is 11.9 Å². The van der Waals surface area contributed by atoms with Crippen molar-refractivity contribution >= 4 is 17.5 Å². The van der Waals surface area contributed by atoms with Gasteiger partial charge in [0.2, 0.25) is 5.95 Å². The van der Waals surface area contributed by atoms with Gasteiger partial charge in [-0.1, -0.05) is 17.7 Å². The summed E-state index contributed by atoms with van der Waals surface area (Å²) in [6, 6.07) is 6.04. The van der Waals surface area contributed by atoms with Crippen LogP contribution in [0.15, 0.2) is 24.4 Å². The van der Waals surface area contributed by atoms with Crippen molar-refractivity contribution in [3.05, 3.63) is 41.3 Å². The summed E-state index contributed by atoms with van der Waals surface area (Å²) in [7, 11) is 1.80. The highest BCUT2D eigenvalue weighted by Gasteiger charge is 2.14. The van der Waals surface area contributed by atoms with Gasteiger partial charge in [-0.15, -0.1) is 0 Å². The molecule has 0 aliphatic rings. The number of nitrogens with one attached hydrogen (secondary N) is 1. The van der Waals surface area contributed by atoms with Crippen LogP contribution in [-0.2, 0) is 0 Å². The summed E-state index contributed by atoms with van der Waals surface area (Å²) in [5.41, 5.74) is 3.18. The van der Waals surface area contributed by atoms with Gasteiger partial charge < -0.3 is 10.2 Å². The lowest BCUT2D eigenvalue weighted by Gasteiger charge is -2.21. The molecule has 106 valence electrons. The molecule has 5 heteroatoms. The third kappa shape index (κ3) is 2.87. The molecule has 0 saturated carbocycles. The molecule has 0 atom stereocenters. The van der Waals surface area contributed by atoms with E-state index in [2.05, 4.69) is 21.4 Å². The molecule has 0 fully saturated rings. The average molecular weight is 274 g/mol. The third-order valence-corrected chi connectivity index (χ3v) is 3.09. The first-order valence-electron chi connectivity index (χ1n) is 6.60. The minimum atomic E-state index is -0.436. The highest BCUT2D eigenvalue weighted by atomic mass is 19.1. The second-order valence-electron chi connectivity index (χ2n) is 4.74. The van der Waals surface area contributed by atoms with E-state index in [0.29, 0.717) is 12.5 Å². The molecule has 2 aromatic rings. The Bertz CT molecular complexity index is 613. The monoisotopic (exact) mass is 274 g/mol. The number of aryl methyl sites for hydroxylation is 2. The Balaban J connectivity index is 2.41. The van der Waals surface area contributed by atoms with Gasteiger partial charge in [-0.25, -0.2) is 9.37 Å². The van der Waals surface area contributed by atoms with Crippen LogP contribution in [0.3, 0.4) is 0 Å². The minimum Gasteiger partial charge on any atom is -0.354 e. The number of rotatable bonds is 4. The molecular weight excluding hydrogens is 255 g/mol. The van der Waals surface area contributed by atoms with E-state index in [1.165, 1.54) is 11.8 Å². The van der Waals surface area contributed by atoms with Crippen LogP contribution in [0.4, 0.5) is 21.8 Å². The van der Waals surface area contributed by atoms with Crippen molar-refractivity contribution in [2.75, 3.05) is 23.8 Å². The standard InChI is InChI=1S/C15H19FN4/c1-5-17-15-18-9-12(16)14(19-15)20(4)13-7-6-10(2)8-11(13)3/h6-9H,5H2,1-4H3,(H,17,18,19). The molecule has 0 spiro atoms. The smallest absolute Gasteiger partial charge is 0.224 e. The average Bonchev–Trinajstić information content (AvgIpc) is 2.40. The third-order valence-electron chi connectivity index (χ3n) is 3.09. The SMILES string of the molecule is CCNc1ncc(F)c(N(C)c2ccc(C)cc2C)n1. The molecule has 0 saturated heterocycles. The summed E-state index contributed by atoms with van der Waals surface area (Å²) in [5, 5.41) is 2.99. The number of nitrogens with zero attached hydrogens (tertiary/aromatic N) is 3. The van der Waals surface area contributed by atoms with E-state index in [0.717, 1.165) is 11.3 Å². The Morgan fingerprint density at radius 1 is 1.30 bits per heavy atom. The van der Waals surface area contributed by atoms with Crippen molar-refractivity contribution in [1.82, 2.24) is 9.97 Å². The van der Waals surface area contributed by atoms with E-state index in [4.69, 9.17) is 0 Å². The molecule has 1 aromatic heterocycles. The normalized spacial score (nSPS) is 10.4. The second kappa shape index (κ2) is 5.86. The zero-order valence-electron chi connectivity index (χ0n) is 12.2. The molecule has 0 aliphatic carbocycles. The van der Waals surface area contributed by atoms with Crippen molar-refractivity contribution in [2.24, 2.45) is 0 Å². The van der Waals surface area contributed by atoms with Gasteiger partial charge in [-0.2, -0.15) is 4.98 Å². The fourth-order valence-corrected chi connectivity index (χ4v) is 2.13. The second-order valence-corrected chi connectivity index (χ2v) is 4.74. The lowest BCUT2D eigenvalue weighted by molar-refractivity contribution is 0.614. The molecule has 4 nitrogen and oxygen atoms in total. The molecule has 2 rings (SSSR count). The minimum absolute atomic E-state index is 0.267. The van der Waals surface area contributed by atoms with Crippen LogP contribution in [0.2, 0.25) is 0 Å². The maximum Gasteiger partial charge on any atom is 0.224 e. The van der Waals surface area contributed by atoms with Gasteiger partial charge in [-0.05, 0) is 32.4 Å². The lowest BCUT2D eigenvalue weighted by atomic mass is 10.1. The van der Waals surface area contributed by atoms with E-state index < -0.39 is 5.82 Å². The predicted molar refractivity (Wildman–Crippen MR) is 80.1 cm³/mol.